The molecule has 6 nitrogen and oxygen atoms in total. The van der Waals surface area contributed by atoms with Crippen LogP contribution in [0.15, 0.2) is 69.3 Å². The molecule has 0 spiro atoms. The van der Waals surface area contributed by atoms with E-state index in [1.54, 1.807) is 37.0 Å². The lowest BCUT2D eigenvalue weighted by molar-refractivity contribution is 0.435. The number of hydrogen-bond donors (Lipinski definition) is 2. The molecule has 0 bridgehead atoms. The Bertz CT molecular complexity index is 838. The maximum atomic E-state index is 6.23. The van der Waals surface area contributed by atoms with Gasteiger partial charge in [0.15, 0.2) is 0 Å². The summed E-state index contributed by atoms with van der Waals surface area (Å²) in [5, 5.41) is 5.27. The van der Waals surface area contributed by atoms with E-state index >= 15 is 0 Å². The Kier molecular flexibility index (Phi) is 4.87. The van der Waals surface area contributed by atoms with E-state index in [4.69, 9.17) is 10.7 Å². The van der Waals surface area contributed by atoms with E-state index in [9.17, 15) is 0 Å². The average Bonchev–Trinajstić information content (AvgIpc) is 3.17. The monoisotopic (exact) mass is 352 g/mol. The van der Waals surface area contributed by atoms with E-state index in [2.05, 4.69) is 26.9 Å². The third-order valence-corrected chi connectivity index (χ3v) is 4.98. The van der Waals surface area contributed by atoms with Gasteiger partial charge in [0, 0.05) is 36.9 Å². The zero-order chi connectivity index (χ0) is 17.9. The van der Waals surface area contributed by atoms with E-state index in [-0.39, 0.29) is 0 Å². The minimum Gasteiger partial charge on any atom is -0.341 e. The molecule has 128 valence electrons. The van der Waals surface area contributed by atoms with Crippen LogP contribution >= 0.6 is 11.3 Å². The van der Waals surface area contributed by atoms with E-state index < -0.39 is 11.7 Å². The molecule has 0 fully saturated rings. The van der Waals surface area contributed by atoms with Crippen LogP contribution in [0.5, 0.6) is 0 Å². The highest BCUT2D eigenvalue weighted by molar-refractivity contribution is 7.12. The lowest BCUT2D eigenvalue weighted by Crippen LogP contribution is -2.51. The van der Waals surface area contributed by atoms with Gasteiger partial charge in [-0.25, -0.2) is 0 Å². The smallest absolute Gasteiger partial charge is 0.142 e. The van der Waals surface area contributed by atoms with Crippen molar-refractivity contribution in [3.63, 3.8) is 0 Å². The number of amidine groups is 1. The fourth-order valence-electron chi connectivity index (χ4n) is 2.45. The van der Waals surface area contributed by atoms with E-state index in [0.29, 0.717) is 5.70 Å². The molecule has 3 rings (SSSR count). The van der Waals surface area contributed by atoms with Gasteiger partial charge >= 0.3 is 0 Å². The van der Waals surface area contributed by atoms with Crippen molar-refractivity contribution in [2.75, 3.05) is 7.05 Å². The van der Waals surface area contributed by atoms with Crippen LogP contribution < -0.4 is 11.1 Å². The summed E-state index contributed by atoms with van der Waals surface area (Å²) < 4.78 is 0. The first-order valence-corrected chi connectivity index (χ1v) is 8.68. The summed E-state index contributed by atoms with van der Waals surface area (Å²) in [4.78, 5) is 18.7. The standard InChI is InChI=1S/C18H20N6S/c1-12(23-16(20-3)15-7-5-9-25-15)18(2)17(19)22-11-14(24-18)13-6-4-8-21-10-13/h4-11,17H,1,19H2,2-3H3,(H,20,23). The summed E-state index contributed by atoms with van der Waals surface area (Å²) >= 11 is 1.60. The van der Waals surface area contributed by atoms with Crippen molar-refractivity contribution in [1.29, 1.82) is 0 Å². The van der Waals surface area contributed by atoms with Crippen molar-refractivity contribution >= 4 is 29.1 Å². The zero-order valence-corrected chi connectivity index (χ0v) is 15.0. The minimum atomic E-state index is -0.798. The van der Waals surface area contributed by atoms with E-state index in [1.165, 1.54) is 0 Å². The molecule has 0 amide bonds. The Labute approximate surface area is 151 Å². The number of aromatic nitrogens is 1. The molecule has 2 unspecified atom stereocenters. The number of nitrogens with zero attached hydrogens (tertiary/aromatic N) is 4. The normalized spacial score (nSPS) is 23.2. The molecule has 2 aromatic heterocycles. The summed E-state index contributed by atoms with van der Waals surface area (Å²) in [5.41, 5.74) is 7.70. The number of aliphatic imine (C=N–C) groups is 3. The van der Waals surface area contributed by atoms with Crippen LogP contribution in [-0.4, -0.2) is 41.5 Å². The van der Waals surface area contributed by atoms with Gasteiger partial charge in [0.1, 0.15) is 17.5 Å². The van der Waals surface area contributed by atoms with Gasteiger partial charge in [-0.3, -0.25) is 20.0 Å². The molecule has 7 heteroatoms. The lowest BCUT2D eigenvalue weighted by Gasteiger charge is -2.34. The van der Waals surface area contributed by atoms with Gasteiger partial charge in [0.05, 0.1) is 10.6 Å². The van der Waals surface area contributed by atoms with Crippen LogP contribution in [0.1, 0.15) is 17.4 Å². The van der Waals surface area contributed by atoms with Crippen molar-refractivity contribution in [3.8, 4) is 0 Å². The molecular formula is C18H20N6S. The van der Waals surface area contributed by atoms with Crippen molar-refractivity contribution < 1.29 is 0 Å². The summed E-state index contributed by atoms with van der Waals surface area (Å²) in [6.07, 6.45) is 4.63. The Morgan fingerprint density at radius 1 is 1.40 bits per heavy atom. The van der Waals surface area contributed by atoms with Gasteiger partial charge in [0.2, 0.25) is 0 Å². The number of nitrogens with two attached hydrogens (primary N) is 1. The second-order valence-corrected chi connectivity index (χ2v) is 6.71. The lowest BCUT2D eigenvalue weighted by atomic mass is 9.93. The van der Waals surface area contributed by atoms with Crippen molar-refractivity contribution in [3.05, 3.63) is 64.8 Å². The SMILES string of the molecule is C=C(NC(=NC)c1cccs1)C1(C)N=C(c2cccnc2)C=NC1N. The summed E-state index contributed by atoms with van der Waals surface area (Å²) in [5.74, 6) is 0.737. The molecule has 0 aromatic carbocycles. The molecule has 1 aliphatic heterocycles. The Balaban J connectivity index is 1.89. The van der Waals surface area contributed by atoms with Crippen LogP contribution in [0.4, 0.5) is 0 Å². The van der Waals surface area contributed by atoms with Crippen molar-refractivity contribution in [2.24, 2.45) is 20.7 Å². The fraction of sp³-hybridized carbons (Fsp3) is 0.222. The third-order valence-electron chi connectivity index (χ3n) is 4.10. The third kappa shape index (κ3) is 3.42. The zero-order valence-electron chi connectivity index (χ0n) is 14.2. The number of thiophene rings is 1. The molecule has 0 saturated heterocycles. The summed E-state index contributed by atoms with van der Waals surface area (Å²) in [6, 6.07) is 7.78. The number of pyridine rings is 1. The van der Waals surface area contributed by atoms with Gasteiger partial charge in [-0.15, -0.1) is 11.3 Å². The Morgan fingerprint density at radius 3 is 2.88 bits per heavy atom. The summed E-state index contributed by atoms with van der Waals surface area (Å²) in [6.45, 7) is 6.08. The largest absolute Gasteiger partial charge is 0.341 e. The molecule has 0 aliphatic carbocycles. The van der Waals surface area contributed by atoms with Gasteiger partial charge < -0.3 is 11.1 Å². The molecule has 3 N–H and O–H groups in total. The molecule has 1 aliphatic rings. The number of nitrogens with one attached hydrogen (secondary N) is 1. The quantitative estimate of drug-likeness (QED) is 0.653. The molecular weight excluding hydrogens is 332 g/mol. The predicted molar refractivity (Wildman–Crippen MR) is 105 cm³/mol. The molecule has 3 heterocycles. The van der Waals surface area contributed by atoms with Gasteiger partial charge in [-0.1, -0.05) is 12.6 Å². The van der Waals surface area contributed by atoms with Crippen LogP contribution in [0.25, 0.3) is 0 Å². The van der Waals surface area contributed by atoms with Gasteiger partial charge in [0.25, 0.3) is 0 Å². The predicted octanol–water partition coefficient (Wildman–Crippen LogP) is 2.24. The molecule has 0 saturated carbocycles. The highest BCUT2D eigenvalue weighted by Crippen LogP contribution is 2.27. The van der Waals surface area contributed by atoms with Gasteiger partial charge in [-0.05, 0) is 30.5 Å². The second kappa shape index (κ2) is 7.08. The van der Waals surface area contributed by atoms with Crippen molar-refractivity contribution in [1.82, 2.24) is 10.3 Å². The van der Waals surface area contributed by atoms with Crippen LogP contribution in [0.3, 0.4) is 0 Å². The van der Waals surface area contributed by atoms with E-state index in [0.717, 1.165) is 22.0 Å². The maximum absolute atomic E-state index is 6.23. The Morgan fingerprint density at radius 2 is 2.24 bits per heavy atom. The second-order valence-electron chi connectivity index (χ2n) is 5.76. The highest BCUT2D eigenvalue weighted by atomic mass is 32.1. The van der Waals surface area contributed by atoms with E-state index in [1.807, 2.05) is 36.6 Å². The van der Waals surface area contributed by atoms with Crippen LogP contribution in [0, 0.1) is 0 Å². The first kappa shape index (κ1) is 17.2. The van der Waals surface area contributed by atoms with Crippen LogP contribution in [0.2, 0.25) is 0 Å². The number of rotatable bonds is 4. The molecule has 0 radical (unpaired) electrons. The summed E-state index contributed by atoms with van der Waals surface area (Å²) in [7, 11) is 1.74. The number of hydrogen-bond acceptors (Lipinski definition) is 6. The van der Waals surface area contributed by atoms with Crippen molar-refractivity contribution in [2.45, 2.75) is 18.6 Å². The maximum Gasteiger partial charge on any atom is 0.142 e. The Hall–Kier alpha value is -2.64. The topological polar surface area (TPSA) is 88.0 Å². The average molecular weight is 352 g/mol. The molecule has 2 aromatic rings. The minimum absolute atomic E-state index is 0.533. The molecule has 25 heavy (non-hydrogen) atoms. The first-order chi connectivity index (χ1) is 12.0. The van der Waals surface area contributed by atoms with Gasteiger partial charge in [-0.2, -0.15) is 0 Å². The van der Waals surface area contributed by atoms with Crippen LogP contribution in [-0.2, 0) is 0 Å². The fourth-order valence-corrected chi connectivity index (χ4v) is 3.17. The molecule has 2 atom stereocenters. The first-order valence-electron chi connectivity index (χ1n) is 7.80. The highest BCUT2D eigenvalue weighted by Gasteiger charge is 2.37.